The molecule has 1 aromatic heterocycles. The van der Waals surface area contributed by atoms with Crippen LogP contribution in [0.15, 0.2) is 24.4 Å². The van der Waals surface area contributed by atoms with Crippen LogP contribution in [-0.4, -0.2) is 10.8 Å². The highest BCUT2D eigenvalue weighted by atomic mass is 16.1. The van der Waals surface area contributed by atoms with E-state index in [1.54, 1.807) is 0 Å². The third-order valence-corrected chi connectivity index (χ3v) is 4.93. The summed E-state index contributed by atoms with van der Waals surface area (Å²) in [6.07, 6.45) is 6.53. The summed E-state index contributed by atoms with van der Waals surface area (Å²) >= 11 is 0. The van der Waals surface area contributed by atoms with Crippen molar-refractivity contribution >= 4 is 16.7 Å². The van der Waals surface area contributed by atoms with Crippen molar-refractivity contribution in [2.45, 2.75) is 46.5 Å². The fourth-order valence-electron chi connectivity index (χ4n) is 3.61. The van der Waals surface area contributed by atoms with Gasteiger partial charge in [-0.2, -0.15) is 0 Å². The molecule has 1 heterocycles. The van der Waals surface area contributed by atoms with Crippen molar-refractivity contribution in [1.29, 1.82) is 0 Å². The van der Waals surface area contributed by atoms with Gasteiger partial charge < -0.3 is 4.98 Å². The predicted octanol–water partition coefficient (Wildman–Crippen LogP) is 4.88. The van der Waals surface area contributed by atoms with Gasteiger partial charge >= 0.3 is 0 Å². The number of hydrogen-bond acceptors (Lipinski definition) is 1. The number of fused-ring (bicyclic) bond motifs is 1. The Morgan fingerprint density at radius 3 is 2.85 bits per heavy atom. The summed E-state index contributed by atoms with van der Waals surface area (Å²) in [6.45, 7) is 6.56. The van der Waals surface area contributed by atoms with E-state index in [2.05, 4.69) is 44.0 Å². The van der Waals surface area contributed by atoms with Crippen molar-refractivity contribution < 1.29 is 4.79 Å². The molecular formula is C18H23NO. The molecular weight excluding hydrogens is 246 g/mol. The predicted molar refractivity (Wildman–Crippen MR) is 83.1 cm³/mol. The number of carbonyl (C=O) groups excluding carboxylic acids is 1. The SMILES string of the molecule is Cc1ccc2[nH]cc(C(=O)C3CCCCC3(C)C)c2c1. The minimum Gasteiger partial charge on any atom is -0.360 e. The minimum atomic E-state index is 0.128. The Labute approximate surface area is 120 Å². The Morgan fingerprint density at radius 1 is 1.30 bits per heavy atom. The summed E-state index contributed by atoms with van der Waals surface area (Å²) in [7, 11) is 0. The highest BCUT2D eigenvalue weighted by Crippen LogP contribution is 2.42. The number of carbonyl (C=O) groups is 1. The van der Waals surface area contributed by atoms with Crippen LogP contribution in [-0.2, 0) is 0 Å². The first kappa shape index (κ1) is 13.4. The standard InChI is InChI=1S/C18H23NO/c1-12-7-8-16-13(10-12)14(11-19-16)17(20)15-6-4-5-9-18(15,2)3/h7-8,10-11,15,19H,4-6,9H2,1-3H3. The van der Waals surface area contributed by atoms with Crippen LogP contribution in [0.4, 0.5) is 0 Å². The molecule has 0 bridgehead atoms. The second kappa shape index (κ2) is 4.76. The molecule has 1 N–H and O–H groups in total. The van der Waals surface area contributed by atoms with Crippen LogP contribution >= 0.6 is 0 Å². The van der Waals surface area contributed by atoms with Gasteiger partial charge in [0.1, 0.15) is 0 Å². The molecule has 20 heavy (non-hydrogen) atoms. The number of H-pyrrole nitrogens is 1. The Morgan fingerprint density at radius 2 is 2.10 bits per heavy atom. The molecule has 0 aliphatic heterocycles. The zero-order valence-corrected chi connectivity index (χ0v) is 12.6. The second-order valence-electron chi connectivity index (χ2n) is 6.90. The lowest BCUT2D eigenvalue weighted by molar-refractivity contribution is 0.0699. The Bertz CT molecular complexity index is 650. The van der Waals surface area contributed by atoms with Gasteiger partial charge in [-0.05, 0) is 37.3 Å². The zero-order valence-electron chi connectivity index (χ0n) is 12.6. The molecule has 1 unspecified atom stereocenters. The lowest BCUT2D eigenvalue weighted by atomic mass is 9.66. The number of hydrogen-bond donors (Lipinski definition) is 1. The molecule has 0 radical (unpaired) electrons. The summed E-state index contributed by atoms with van der Waals surface area (Å²) < 4.78 is 0. The summed E-state index contributed by atoms with van der Waals surface area (Å²) in [4.78, 5) is 16.2. The molecule has 2 heteroatoms. The van der Waals surface area contributed by atoms with Gasteiger partial charge in [-0.1, -0.05) is 38.3 Å². The van der Waals surface area contributed by atoms with E-state index in [-0.39, 0.29) is 11.3 Å². The van der Waals surface area contributed by atoms with Gasteiger partial charge in [0, 0.05) is 28.6 Å². The van der Waals surface area contributed by atoms with Gasteiger partial charge in [-0.3, -0.25) is 4.79 Å². The van der Waals surface area contributed by atoms with Crippen molar-refractivity contribution in [1.82, 2.24) is 4.98 Å². The average Bonchev–Trinajstić information content (AvgIpc) is 2.80. The minimum absolute atomic E-state index is 0.128. The van der Waals surface area contributed by atoms with E-state index < -0.39 is 0 Å². The molecule has 1 aromatic carbocycles. The van der Waals surface area contributed by atoms with E-state index in [1.165, 1.54) is 18.4 Å². The number of nitrogens with one attached hydrogen (secondary N) is 1. The van der Waals surface area contributed by atoms with Crippen LogP contribution in [0, 0.1) is 18.3 Å². The van der Waals surface area contributed by atoms with Crippen molar-refractivity contribution in [3.63, 3.8) is 0 Å². The van der Waals surface area contributed by atoms with Crippen LogP contribution in [0.5, 0.6) is 0 Å². The molecule has 1 aliphatic rings. The maximum absolute atomic E-state index is 13.0. The molecule has 0 spiro atoms. The molecule has 106 valence electrons. The third kappa shape index (κ3) is 2.17. The van der Waals surface area contributed by atoms with Crippen molar-refractivity contribution in [3.05, 3.63) is 35.5 Å². The van der Waals surface area contributed by atoms with E-state index in [4.69, 9.17) is 0 Å². The number of aromatic nitrogens is 1. The van der Waals surface area contributed by atoms with Crippen LogP contribution in [0.25, 0.3) is 10.9 Å². The van der Waals surface area contributed by atoms with E-state index in [9.17, 15) is 4.79 Å². The van der Waals surface area contributed by atoms with E-state index >= 15 is 0 Å². The third-order valence-electron chi connectivity index (χ3n) is 4.93. The number of aryl methyl sites for hydroxylation is 1. The van der Waals surface area contributed by atoms with Gasteiger partial charge in [0.2, 0.25) is 0 Å². The molecule has 3 rings (SSSR count). The maximum Gasteiger partial charge on any atom is 0.168 e. The monoisotopic (exact) mass is 269 g/mol. The fourth-order valence-corrected chi connectivity index (χ4v) is 3.61. The average molecular weight is 269 g/mol. The largest absolute Gasteiger partial charge is 0.360 e. The zero-order chi connectivity index (χ0) is 14.3. The lowest BCUT2D eigenvalue weighted by Gasteiger charge is -2.37. The normalized spacial score (nSPS) is 22.1. The van der Waals surface area contributed by atoms with Crippen molar-refractivity contribution in [3.8, 4) is 0 Å². The van der Waals surface area contributed by atoms with Gasteiger partial charge in [-0.25, -0.2) is 0 Å². The number of rotatable bonds is 2. The Kier molecular flexibility index (Phi) is 3.19. The molecule has 0 amide bonds. The van der Waals surface area contributed by atoms with Gasteiger partial charge in [-0.15, -0.1) is 0 Å². The summed E-state index contributed by atoms with van der Waals surface area (Å²) in [6, 6.07) is 6.26. The summed E-state index contributed by atoms with van der Waals surface area (Å²) in [5.41, 5.74) is 3.27. The van der Waals surface area contributed by atoms with Gasteiger partial charge in [0.15, 0.2) is 5.78 Å². The van der Waals surface area contributed by atoms with Crippen LogP contribution in [0.3, 0.4) is 0 Å². The van der Waals surface area contributed by atoms with E-state index in [0.29, 0.717) is 5.78 Å². The second-order valence-corrected chi connectivity index (χ2v) is 6.90. The molecule has 1 fully saturated rings. The van der Waals surface area contributed by atoms with Crippen molar-refractivity contribution in [2.75, 3.05) is 0 Å². The number of ketones is 1. The molecule has 1 saturated carbocycles. The molecule has 2 aromatic rings. The summed E-state index contributed by atoms with van der Waals surface area (Å²) in [5.74, 6) is 0.488. The van der Waals surface area contributed by atoms with E-state index in [0.717, 1.165) is 29.3 Å². The van der Waals surface area contributed by atoms with Crippen LogP contribution < -0.4 is 0 Å². The quantitative estimate of drug-likeness (QED) is 0.775. The molecule has 1 atom stereocenters. The summed E-state index contributed by atoms with van der Waals surface area (Å²) in [5, 5.41) is 1.08. The maximum atomic E-state index is 13.0. The number of Topliss-reactive ketones (excluding diaryl/α,β-unsaturated/α-hetero) is 1. The number of benzene rings is 1. The van der Waals surface area contributed by atoms with E-state index in [1.807, 2.05) is 6.20 Å². The number of aromatic amines is 1. The Hall–Kier alpha value is -1.57. The van der Waals surface area contributed by atoms with Gasteiger partial charge in [0.25, 0.3) is 0 Å². The first-order valence-corrected chi connectivity index (χ1v) is 7.61. The Balaban J connectivity index is 2.02. The molecule has 2 nitrogen and oxygen atoms in total. The lowest BCUT2D eigenvalue weighted by Crippen LogP contribution is -2.34. The topological polar surface area (TPSA) is 32.9 Å². The van der Waals surface area contributed by atoms with Crippen LogP contribution in [0.1, 0.15) is 55.5 Å². The smallest absolute Gasteiger partial charge is 0.168 e. The first-order valence-electron chi connectivity index (χ1n) is 7.61. The first-order chi connectivity index (χ1) is 9.49. The molecule has 0 saturated heterocycles. The van der Waals surface area contributed by atoms with Crippen molar-refractivity contribution in [2.24, 2.45) is 11.3 Å². The molecule has 1 aliphatic carbocycles. The highest BCUT2D eigenvalue weighted by molar-refractivity contribution is 6.09. The highest BCUT2D eigenvalue weighted by Gasteiger charge is 2.38. The van der Waals surface area contributed by atoms with Gasteiger partial charge in [0.05, 0.1) is 0 Å². The fraction of sp³-hybridized carbons (Fsp3) is 0.500. The van der Waals surface area contributed by atoms with Crippen LogP contribution in [0.2, 0.25) is 0 Å².